The molecule has 3 rings (SSSR count). The lowest BCUT2D eigenvalue weighted by molar-refractivity contribution is -0.119. The Kier molecular flexibility index (Phi) is 3.90. The number of anilines is 1. The van der Waals surface area contributed by atoms with Crippen molar-refractivity contribution >= 4 is 17.3 Å². The number of nitrogens with zero attached hydrogens (tertiary/aromatic N) is 1. The Bertz CT molecular complexity index is 578. The molecule has 0 spiro atoms. The Morgan fingerprint density at radius 1 is 1.38 bits per heavy atom. The predicted molar refractivity (Wildman–Crippen MR) is 82.4 cm³/mol. The zero-order valence-electron chi connectivity index (χ0n) is 12.0. The van der Waals surface area contributed by atoms with Crippen LogP contribution in [0.15, 0.2) is 41.5 Å². The zero-order valence-corrected chi connectivity index (χ0v) is 12.0. The summed E-state index contributed by atoms with van der Waals surface area (Å²) in [7, 11) is 1.62. The van der Waals surface area contributed by atoms with E-state index in [2.05, 4.69) is 28.0 Å². The molecule has 0 saturated heterocycles. The van der Waals surface area contributed by atoms with Crippen molar-refractivity contribution in [2.75, 3.05) is 19.0 Å². The maximum Gasteiger partial charge on any atom is 0.259 e. The van der Waals surface area contributed by atoms with Gasteiger partial charge in [0, 0.05) is 17.3 Å². The first-order chi connectivity index (χ1) is 10.3. The van der Waals surface area contributed by atoms with Crippen molar-refractivity contribution in [1.82, 2.24) is 5.43 Å². The summed E-state index contributed by atoms with van der Waals surface area (Å²) in [6.45, 7) is 0.201. The molecule has 110 valence electrons. The second-order valence-electron chi connectivity index (χ2n) is 5.37. The van der Waals surface area contributed by atoms with Crippen LogP contribution in [0, 0.1) is 11.8 Å². The molecule has 1 saturated carbocycles. The molecule has 21 heavy (non-hydrogen) atoms. The van der Waals surface area contributed by atoms with Crippen LogP contribution in [-0.2, 0) is 4.79 Å². The van der Waals surface area contributed by atoms with Gasteiger partial charge < -0.3 is 10.1 Å². The monoisotopic (exact) mass is 285 g/mol. The maximum absolute atomic E-state index is 11.8. The van der Waals surface area contributed by atoms with Gasteiger partial charge in [-0.05, 0) is 43.0 Å². The Balaban J connectivity index is 1.44. The van der Waals surface area contributed by atoms with E-state index < -0.39 is 0 Å². The minimum Gasteiger partial charge on any atom is -0.497 e. The Morgan fingerprint density at radius 2 is 2.19 bits per heavy atom. The number of carbonyl (C=O) groups excluding carboxylic acids is 1. The minimum atomic E-state index is -0.135. The number of nitrogens with one attached hydrogen (secondary N) is 2. The predicted octanol–water partition coefficient (Wildman–Crippen LogP) is 2.18. The summed E-state index contributed by atoms with van der Waals surface area (Å²) in [6, 6.07) is 7.44. The molecule has 2 aliphatic rings. The number of rotatable bonds is 5. The highest BCUT2D eigenvalue weighted by Gasteiger charge is 2.37. The standard InChI is InChI=1S/C16H19N3O2/c1-21-13-7-5-12(6-8-13)17-10-16(20)19-18-15-9-11-3-2-4-14(11)15/h2,4-8,11,14,17H,3,9-10H2,1H3,(H,19,20)/b18-15-/t11-,14+/m0/s1. The number of hydrogen-bond acceptors (Lipinski definition) is 4. The molecule has 0 heterocycles. The van der Waals surface area contributed by atoms with Gasteiger partial charge in [0.1, 0.15) is 5.75 Å². The summed E-state index contributed by atoms with van der Waals surface area (Å²) in [5.74, 6) is 1.84. The van der Waals surface area contributed by atoms with Crippen LogP contribution in [0.5, 0.6) is 5.75 Å². The number of methoxy groups -OCH3 is 1. The fourth-order valence-electron chi connectivity index (χ4n) is 2.73. The molecule has 2 aliphatic carbocycles. The fourth-order valence-corrected chi connectivity index (χ4v) is 2.73. The van der Waals surface area contributed by atoms with Crippen LogP contribution < -0.4 is 15.5 Å². The van der Waals surface area contributed by atoms with Crippen LogP contribution in [-0.4, -0.2) is 25.3 Å². The third kappa shape index (κ3) is 3.07. The molecular formula is C16H19N3O2. The third-order valence-corrected chi connectivity index (χ3v) is 4.01. The summed E-state index contributed by atoms with van der Waals surface area (Å²) < 4.78 is 5.08. The van der Waals surface area contributed by atoms with Gasteiger partial charge in [0.2, 0.25) is 0 Å². The second kappa shape index (κ2) is 5.99. The van der Waals surface area contributed by atoms with Crippen LogP contribution in [0.2, 0.25) is 0 Å². The summed E-state index contributed by atoms with van der Waals surface area (Å²) in [6.07, 6.45) is 6.54. The molecule has 5 nitrogen and oxygen atoms in total. The number of ether oxygens (including phenoxy) is 1. The highest BCUT2D eigenvalue weighted by Crippen LogP contribution is 2.40. The molecule has 0 unspecified atom stereocenters. The largest absolute Gasteiger partial charge is 0.497 e. The maximum atomic E-state index is 11.8. The van der Waals surface area contributed by atoms with Gasteiger partial charge in [0.15, 0.2) is 0 Å². The van der Waals surface area contributed by atoms with Crippen LogP contribution in [0.4, 0.5) is 5.69 Å². The number of allylic oxidation sites excluding steroid dienone is 2. The lowest BCUT2D eigenvalue weighted by atomic mass is 9.74. The van der Waals surface area contributed by atoms with E-state index in [0.29, 0.717) is 5.92 Å². The molecule has 1 aromatic carbocycles. The van der Waals surface area contributed by atoms with E-state index in [1.807, 2.05) is 24.3 Å². The van der Waals surface area contributed by atoms with Crippen molar-refractivity contribution in [3.63, 3.8) is 0 Å². The van der Waals surface area contributed by atoms with Crippen LogP contribution in [0.25, 0.3) is 0 Å². The Morgan fingerprint density at radius 3 is 2.90 bits per heavy atom. The summed E-state index contributed by atoms with van der Waals surface area (Å²) in [5, 5.41) is 7.27. The fraction of sp³-hybridized carbons (Fsp3) is 0.375. The third-order valence-electron chi connectivity index (χ3n) is 4.01. The first-order valence-corrected chi connectivity index (χ1v) is 7.16. The highest BCUT2D eigenvalue weighted by molar-refractivity contribution is 5.95. The van der Waals surface area contributed by atoms with Crippen LogP contribution >= 0.6 is 0 Å². The van der Waals surface area contributed by atoms with E-state index in [1.165, 1.54) is 0 Å². The van der Waals surface area contributed by atoms with Gasteiger partial charge in [-0.3, -0.25) is 4.79 Å². The quantitative estimate of drug-likeness (QED) is 0.644. The summed E-state index contributed by atoms with van der Waals surface area (Å²) in [5.41, 5.74) is 4.58. The molecule has 5 heteroatoms. The molecule has 1 aromatic rings. The average Bonchev–Trinajstić information content (AvgIpc) is 2.87. The molecule has 1 amide bonds. The second-order valence-corrected chi connectivity index (χ2v) is 5.37. The first kappa shape index (κ1) is 13.7. The van der Waals surface area contributed by atoms with Crippen molar-refractivity contribution < 1.29 is 9.53 Å². The number of benzene rings is 1. The van der Waals surface area contributed by atoms with E-state index >= 15 is 0 Å². The van der Waals surface area contributed by atoms with Gasteiger partial charge >= 0.3 is 0 Å². The van der Waals surface area contributed by atoms with Gasteiger partial charge in [-0.2, -0.15) is 5.10 Å². The van der Waals surface area contributed by atoms with E-state index in [-0.39, 0.29) is 12.5 Å². The van der Waals surface area contributed by atoms with Crippen LogP contribution in [0.3, 0.4) is 0 Å². The lowest BCUT2D eigenvalue weighted by Crippen LogP contribution is -2.36. The van der Waals surface area contributed by atoms with E-state index in [4.69, 9.17) is 4.74 Å². The van der Waals surface area contributed by atoms with Gasteiger partial charge in [-0.1, -0.05) is 12.2 Å². The number of fused-ring (bicyclic) bond motifs is 1. The van der Waals surface area contributed by atoms with E-state index in [9.17, 15) is 4.79 Å². The molecule has 0 radical (unpaired) electrons. The minimum absolute atomic E-state index is 0.135. The van der Waals surface area contributed by atoms with Gasteiger partial charge in [0.25, 0.3) is 5.91 Å². The topological polar surface area (TPSA) is 62.7 Å². The Hall–Kier alpha value is -2.30. The molecule has 1 fully saturated rings. The number of hydrogen-bond donors (Lipinski definition) is 2. The number of hydrazone groups is 1. The SMILES string of the molecule is COc1ccc(NCC(=O)N/N=C2/C[C@@H]3CC=C[C@@H]23)cc1. The van der Waals surface area contributed by atoms with Crippen molar-refractivity contribution in [3.05, 3.63) is 36.4 Å². The summed E-state index contributed by atoms with van der Waals surface area (Å²) >= 11 is 0. The normalized spacial score (nSPS) is 24.3. The van der Waals surface area contributed by atoms with Crippen LogP contribution in [0.1, 0.15) is 12.8 Å². The molecule has 2 N–H and O–H groups in total. The molecule has 0 aromatic heterocycles. The van der Waals surface area contributed by atoms with E-state index in [1.54, 1.807) is 7.11 Å². The van der Waals surface area contributed by atoms with Gasteiger partial charge in [0.05, 0.1) is 13.7 Å². The Labute approximate surface area is 124 Å². The van der Waals surface area contributed by atoms with E-state index in [0.717, 1.165) is 35.9 Å². The average molecular weight is 285 g/mol. The molecular weight excluding hydrogens is 266 g/mol. The zero-order chi connectivity index (χ0) is 14.7. The molecule has 0 bridgehead atoms. The number of amides is 1. The van der Waals surface area contributed by atoms with Gasteiger partial charge in [-0.15, -0.1) is 0 Å². The summed E-state index contributed by atoms with van der Waals surface area (Å²) in [4.78, 5) is 11.8. The lowest BCUT2D eigenvalue weighted by Gasteiger charge is -2.31. The van der Waals surface area contributed by atoms with Gasteiger partial charge in [-0.25, -0.2) is 5.43 Å². The highest BCUT2D eigenvalue weighted by atomic mass is 16.5. The smallest absolute Gasteiger partial charge is 0.259 e. The van der Waals surface area contributed by atoms with Crippen molar-refractivity contribution in [2.45, 2.75) is 12.8 Å². The molecule has 2 atom stereocenters. The number of carbonyl (C=O) groups is 1. The first-order valence-electron chi connectivity index (χ1n) is 7.16. The van der Waals surface area contributed by atoms with Crippen molar-refractivity contribution in [3.8, 4) is 5.75 Å². The van der Waals surface area contributed by atoms with Crippen molar-refractivity contribution in [2.24, 2.45) is 16.9 Å². The van der Waals surface area contributed by atoms with Crippen molar-refractivity contribution in [1.29, 1.82) is 0 Å². The molecule has 0 aliphatic heterocycles.